The van der Waals surface area contributed by atoms with Gasteiger partial charge in [0, 0.05) is 5.56 Å². The molecule has 0 radical (unpaired) electrons. The molecular formula is C21H34O4. The fourth-order valence-electron chi connectivity index (χ4n) is 2.90. The SMILES string of the molecule is CCCCCCCCCCCCOC(=O)C(C)c1cc(O)ccc1O. The van der Waals surface area contributed by atoms with Crippen LogP contribution in [0.5, 0.6) is 11.5 Å². The summed E-state index contributed by atoms with van der Waals surface area (Å²) in [6.07, 6.45) is 12.4. The van der Waals surface area contributed by atoms with Gasteiger partial charge in [-0.2, -0.15) is 0 Å². The predicted octanol–water partition coefficient (Wildman–Crippen LogP) is 5.67. The Morgan fingerprint density at radius 2 is 1.52 bits per heavy atom. The number of hydrogen-bond donors (Lipinski definition) is 2. The van der Waals surface area contributed by atoms with Crippen molar-refractivity contribution in [1.29, 1.82) is 0 Å². The molecular weight excluding hydrogens is 316 g/mol. The van der Waals surface area contributed by atoms with Gasteiger partial charge in [-0.3, -0.25) is 4.79 Å². The van der Waals surface area contributed by atoms with E-state index in [0.717, 1.165) is 12.8 Å². The van der Waals surface area contributed by atoms with Gasteiger partial charge in [0.25, 0.3) is 0 Å². The van der Waals surface area contributed by atoms with Crippen molar-refractivity contribution in [3.05, 3.63) is 23.8 Å². The zero-order valence-corrected chi connectivity index (χ0v) is 15.8. The Hall–Kier alpha value is -1.71. The summed E-state index contributed by atoms with van der Waals surface area (Å²) >= 11 is 0. The summed E-state index contributed by atoms with van der Waals surface area (Å²) in [5.41, 5.74) is 0.396. The van der Waals surface area contributed by atoms with Crippen LogP contribution in [0.4, 0.5) is 0 Å². The van der Waals surface area contributed by atoms with Gasteiger partial charge in [0.05, 0.1) is 12.5 Å². The number of esters is 1. The molecule has 0 aliphatic heterocycles. The van der Waals surface area contributed by atoms with Gasteiger partial charge < -0.3 is 14.9 Å². The summed E-state index contributed by atoms with van der Waals surface area (Å²) in [5, 5.41) is 19.3. The third-order valence-electron chi connectivity index (χ3n) is 4.57. The molecule has 0 saturated heterocycles. The largest absolute Gasteiger partial charge is 0.508 e. The zero-order valence-electron chi connectivity index (χ0n) is 15.8. The summed E-state index contributed by atoms with van der Waals surface area (Å²) in [6.45, 7) is 4.33. The van der Waals surface area contributed by atoms with Crippen molar-refractivity contribution < 1.29 is 19.7 Å². The van der Waals surface area contributed by atoms with Gasteiger partial charge in [-0.25, -0.2) is 0 Å². The third kappa shape index (κ3) is 8.80. The molecule has 4 heteroatoms. The molecule has 1 aromatic carbocycles. The Balaban J connectivity index is 2.09. The van der Waals surface area contributed by atoms with Crippen molar-refractivity contribution >= 4 is 5.97 Å². The Morgan fingerprint density at radius 1 is 0.960 bits per heavy atom. The van der Waals surface area contributed by atoms with E-state index in [4.69, 9.17) is 4.74 Å². The summed E-state index contributed by atoms with van der Waals surface area (Å²) in [6, 6.07) is 4.18. The van der Waals surface area contributed by atoms with Gasteiger partial charge in [-0.15, -0.1) is 0 Å². The van der Waals surface area contributed by atoms with Crippen molar-refractivity contribution in [1.82, 2.24) is 0 Å². The summed E-state index contributed by atoms with van der Waals surface area (Å²) in [7, 11) is 0. The van der Waals surface area contributed by atoms with E-state index in [1.54, 1.807) is 6.92 Å². The highest BCUT2D eigenvalue weighted by atomic mass is 16.5. The first-order valence-electron chi connectivity index (χ1n) is 9.74. The fourth-order valence-corrected chi connectivity index (χ4v) is 2.90. The number of phenolic OH excluding ortho intramolecular Hbond substituents is 2. The second kappa shape index (κ2) is 12.6. The molecule has 0 saturated carbocycles. The van der Waals surface area contributed by atoms with Gasteiger partial charge in [0.15, 0.2) is 0 Å². The molecule has 0 fully saturated rings. The first-order valence-corrected chi connectivity index (χ1v) is 9.74. The molecule has 142 valence electrons. The van der Waals surface area contributed by atoms with Gasteiger partial charge in [0.2, 0.25) is 0 Å². The van der Waals surface area contributed by atoms with Crippen LogP contribution in [0.1, 0.15) is 89.5 Å². The van der Waals surface area contributed by atoms with E-state index in [1.807, 2.05) is 0 Å². The summed E-state index contributed by atoms with van der Waals surface area (Å²) in [5.74, 6) is -0.921. The van der Waals surface area contributed by atoms with Gasteiger partial charge in [-0.05, 0) is 31.5 Å². The standard InChI is InChI=1S/C21H34O4/c1-3-4-5-6-7-8-9-10-11-12-15-25-21(24)17(2)19-16-18(22)13-14-20(19)23/h13-14,16-17,22-23H,3-12,15H2,1-2H3. The lowest BCUT2D eigenvalue weighted by molar-refractivity contribution is -0.145. The molecule has 0 aliphatic carbocycles. The number of aromatic hydroxyl groups is 2. The van der Waals surface area contributed by atoms with Crippen LogP contribution in [0.3, 0.4) is 0 Å². The highest BCUT2D eigenvalue weighted by molar-refractivity contribution is 5.78. The second-order valence-electron chi connectivity index (χ2n) is 6.81. The number of unbranched alkanes of at least 4 members (excludes halogenated alkanes) is 9. The number of carbonyl (C=O) groups excluding carboxylic acids is 1. The zero-order chi connectivity index (χ0) is 18.5. The third-order valence-corrected chi connectivity index (χ3v) is 4.57. The van der Waals surface area contributed by atoms with Crippen LogP contribution < -0.4 is 0 Å². The van der Waals surface area contributed by atoms with Crippen molar-refractivity contribution in [2.24, 2.45) is 0 Å². The molecule has 1 rings (SSSR count). The van der Waals surface area contributed by atoms with Crippen LogP contribution >= 0.6 is 0 Å². The highest BCUT2D eigenvalue weighted by Crippen LogP contribution is 2.29. The Kier molecular flexibility index (Phi) is 10.8. The molecule has 0 bridgehead atoms. The fraction of sp³-hybridized carbons (Fsp3) is 0.667. The lowest BCUT2D eigenvalue weighted by Crippen LogP contribution is -2.14. The van der Waals surface area contributed by atoms with Crippen LogP contribution in [0.2, 0.25) is 0 Å². The van der Waals surface area contributed by atoms with Crippen molar-refractivity contribution in [2.75, 3.05) is 6.61 Å². The molecule has 0 spiro atoms. The molecule has 4 nitrogen and oxygen atoms in total. The smallest absolute Gasteiger partial charge is 0.313 e. The van der Waals surface area contributed by atoms with Crippen LogP contribution in [0.25, 0.3) is 0 Å². The maximum atomic E-state index is 12.1. The van der Waals surface area contributed by atoms with Gasteiger partial charge >= 0.3 is 5.97 Å². The van der Waals surface area contributed by atoms with Crippen LogP contribution in [-0.2, 0) is 9.53 Å². The number of phenols is 2. The second-order valence-corrected chi connectivity index (χ2v) is 6.81. The van der Waals surface area contributed by atoms with E-state index < -0.39 is 5.92 Å². The van der Waals surface area contributed by atoms with E-state index in [-0.39, 0.29) is 17.5 Å². The average Bonchev–Trinajstić information content (AvgIpc) is 2.61. The topological polar surface area (TPSA) is 66.8 Å². The number of hydrogen-bond acceptors (Lipinski definition) is 4. The maximum Gasteiger partial charge on any atom is 0.313 e. The molecule has 1 atom stereocenters. The average molecular weight is 350 g/mol. The molecule has 0 amide bonds. The summed E-state index contributed by atoms with van der Waals surface area (Å²) < 4.78 is 5.29. The summed E-state index contributed by atoms with van der Waals surface area (Å²) in [4.78, 5) is 12.1. The Morgan fingerprint density at radius 3 is 2.12 bits per heavy atom. The van der Waals surface area contributed by atoms with E-state index in [2.05, 4.69) is 6.92 Å². The Bertz CT molecular complexity index is 499. The van der Waals surface area contributed by atoms with Crippen molar-refractivity contribution in [2.45, 2.75) is 84.0 Å². The molecule has 0 heterocycles. The lowest BCUT2D eigenvalue weighted by atomic mass is 10.00. The molecule has 1 unspecified atom stereocenters. The highest BCUT2D eigenvalue weighted by Gasteiger charge is 2.20. The van der Waals surface area contributed by atoms with E-state index in [1.165, 1.54) is 69.6 Å². The van der Waals surface area contributed by atoms with Crippen molar-refractivity contribution in [3.8, 4) is 11.5 Å². The normalized spacial score (nSPS) is 12.1. The number of carbonyl (C=O) groups is 1. The quantitative estimate of drug-likeness (QED) is 0.273. The molecule has 1 aromatic rings. The first kappa shape index (κ1) is 21.3. The first-order chi connectivity index (χ1) is 12.1. The lowest BCUT2D eigenvalue weighted by Gasteiger charge is -2.13. The van der Waals surface area contributed by atoms with Gasteiger partial charge in [-0.1, -0.05) is 64.7 Å². The van der Waals surface area contributed by atoms with E-state index in [0.29, 0.717) is 12.2 Å². The minimum atomic E-state index is -0.588. The minimum Gasteiger partial charge on any atom is -0.508 e. The molecule has 0 aliphatic rings. The Labute approximate surface area is 152 Å². The van der Waals surface area contributed by atoms with Crippen LogP contribution in [-0.4, -0.2) is 22.8 Å². The minimum absolute atomic E-state index is 0.00110. The number of ether oxygens (including phenoxy) is 1. The van der Waals surface area contributed by atoms with E-state index in [9.17, 15) is 15.0 Å². The number of rotatable bonds is 13. The monoisotopic (exact) mass is 350 g/mol. The molecule has 0 aromatic heterocycles. The van der Waals surface area contributed by atoms with Crippen LogP contribution in [0, 0.1) is 0 Å². The predicted molar refractivity (Wildman–Crippen MR) is 101 cm³/mol. The molecule has 25 heavy (non-hydrogen) atoms. The van der Waals surface area contributed by atoms with E-state index >= 15 is 0 Å². The van der Waals surface area contributed by atoms with Crippen LogP contribution in [0.15, 0.2) is 18.2 Å². The van der Waals surface area contributed by atoms with Crippen molar-refractivity contribution in [3.63, 3.8) is 0 Å². The molecule has 2 N–H and O–H groups in total. The number of benzene rings is 1. The maximum absolute atomic E-state index is 12.1. The van der Waals surface area contributed by atoms with Gasteiger partial charge in [0.1, 0.15) is 11.5 Å².